The molecule has 1 aromatic carbocycles. The van der Waals surface area contributed by atoms with Gasteiger partial charge in [0.05, 0.1) is 6.26 Å². The summed E-state index contributed by atoms with van der Waals surface area (Å²) >= 11 is 0. The number of piperidine rings is 1. The number of carbonyl (C=O) groups is 1. The third-order valence-electron chi connectivity index (χ3n) is 7.52. The monoisotopic (exact) mass is 453 g/mol. The third kappa shape index (κ3) is 6.08. The number of carbonyl (C=O) groups excluding carboxylic acids is 1. The zero-order valence-corrected chi connectivity index (χ0v) is 20.6. The van der Waals surface area contributed by atoms with E-state index < -0.39 is 10.1 Å². The van der Waals surface area contributed by atoms with Gasteiger partial charge in [-0.2, -0.15) is 8.42 Å². The normalized spacial score (nSPS) is 27.9. The molecule has 1 fully saturated rings. The third-order valence-corrected chi connectivity index (χ3v) is 7.52. The Morgan fingerprint density at radius 2 is 1.87 bits per heavy atom. The fraction of sp³-hybridized carbons (Fsp3) is 0.708. The number of fused-ring (bicyclic) bond motifs is 4. The fourth-order valence-electron chi connectivity index (χ4n) is 5.40. The Hall–Kier alpha value is -1.44. The lowest BCUT2D eigenvalue weighted by Crippen LogP contribution is -2.64. The number of likely N-dealkylation sites (tertiary alicyclic amines) is 1. The Bertz CT molecular complexity index is 889. The van der Waals surface area contributed by atoms with Gasteiger partial charge in [-0.15, -0.1) is 0 Å². The van der Waals surface area contributed by atoms with Gasteiger partial charge in [-0.05, 0) is 73.9 Å². The number of Topliss-reactive ketones (excluding diaryl/α,β-unsaturated/α-hetero) is 1. The highest BCUT2D eigenvalue weighted by Crippen LogP contribution is 2.58. The van der Waals surface area contributed by atoms with E-state index in [2.05, 4.69) is 45.7 Å². The zero-order valence-electron chi connectivity index (χ0n) is 19.8. The van der Waals surface area contributed by atoms with Gasteiger partial charge >= 0.3 is 0 Å². The average Bonchev–Trinajstić information content (AvgIpc) is 2.64. The van der Waals surface area contributed by atoms with Gasteiger partial charge in [-0.25, -0.2) is 0 Å². The molecule has 1 aromatic rings. The first-order chi connectivity index (χ1) is 14.2. The van der Waals surface area contributed by atoms with Crippen molar-refractivity contribution in [2.24, 2.45) is 11.3 Å². The number of hydrogen-bond acceptors (Lipinski definition) is 5. The van der Waals surface area contributed by atoms with E-state index in [9.17, 15) is 18.3 Å². The minimum absolute atomic E-state index is 0.00876. The SMILES string of the molecule is CC(C)CCC(=O)CC[C@@]1(C)[C@H]2Cc3ccc(O)cc3[C@]1(C)CCN2C.CS(=O)(=O)O. The van der Waals surface area contributed by atoms with Crippen LogP contribution in [0.15, 0.2) is 18.2 Å². The standard InChI is InChI=1S/C23H35NO2.CH4O3S/c1-16(2)6-8-18(25)10-11-23(4)21-14-17-7-9-19(26)15-20(17)22(23,3)12-13-24(21)5;1-5(2,3)4/h7,9,15-16,21,26H,6,8,10-14H2,1-5H3;1H3,(H,2,3,4)/t21-,22+,23+;/m1./s1. The summed E-state index contributed by atoms with van der Waals surface area (Å²) in [5.74, 6) is 1.35. The molecule has 0 spiro atoms. The van der Waals surface area contributed by atoms with Gasteiger partial charge in [-0.1, -0.05) is 33.8 Å². The second-order valence-electron chi connectivity index (χ2n) is 10.2. The summed E-state index contributed by atoms with van der Waals surface area (Å²) in [6.07, 6.45) is 6.12. The summed E-state index contributed by atoms with van der Waals surface area (Å²) in [6.45, 7) is 10.2. The number of aromatic hydroxyl groups is 1. The molecule has 0 unspecified atom stereocenters. The van der Waals surface area contributed by atoms with Crippen LogP contribution in [0.1, 0.15) is 70.9 Å². The summed E-state index contributed by atoms with van der Waals surface area (Å²) < 4.78 is 25.9. The van der Waals surface area contributed by atoms with Crippen LogP contribution in [-0.4, -0.2) is 54.7 Å². The second kappa shape index (κ2) is 9.59. The first-order valence-electron chi connectivity index (χ1n) is 11.1. The van der Waals surface area contributed by atoms with Crippen LogP contribution in [0.5, 0.6) is 5.75 Å². The number of phenols is 1. The van der Waals surface area contributed by atoms with Crippen LogP contribution in [0.3, 0.4) is 0 Å². The molecular formula is C24H39NO5S. The number of rotatable bonds is 6. The first kappa shape index (κ1) is 25.8. The average molecular weight is 454 g/mol. The Balaban J connectivity index is 0.000000614. The van der Waals surface area contributed by atoms with E-state index in [4.69, 9.17) is 4.55 Å². The molecule has 1 saturated heterocycles. The largest absolute Gasteiger partial charge is 0.508 e. The van der Waals surface area contributed by atoms with Crippen molar-refractivity contribution < 1.29 is 22.9 Å². The summed E-state index contributed by atoms with van der Waals surface area (Å²) in [5.41, 5.74) is 2.73. The number of likely N-dealkylation sites (N-methyl/N-ethyl adjacent to an activating group) is 1. The van der Waals surface area contributed by atoms with Crippen LogP contribution in [0.4, 0.5) is 0 Å². The molecule has 0 aromatic heterocycles. The lowest BCUT2D eigenvalue weighted by atomic mass is 9.49. The van der Waals surface area contributed by atoms with Crippen molar-refractivity contribution in [2.75, 3.05) is 19.8 Å². The lowest BCUT2D eigenvalue weighted by Gasteiger charge is -2.62. The Morgan fingerprint density at radius 1 is 1.26 bits per heavy atom. The van der Waals surface area contributed by atoms with Crippen molar-refractivity contribution in [3.63, 3.8) is 0 Å². The molecule has 176 valence electrons. The molecule has 2 aliphatic rings. The molecule has 6 nitrogen and oxygen atoms in total. The quantitative estimate of drug-likeness (QED) is 0.627. The predicted octanol–water partition coefficient (Wildman–Crippen LogP) is 4.21. The maximum absolute atomic E-state index is 12.5. The van der Waals surface area contributed by atoms with E-state index >= 15 is 0 Å². The minimum Gasteiger partial charge on any atom is -0.508 e. The summed E-state index contributed by atoms with van der Waals surface area (Å²) in [4.78, 5) is 15.0. The molecule has 0 radical (unpaired) electrons. The van der Waals surface area contributed by atoms with Crippen molar-refractivity contribution in [1.82, 2.24) is 4.90 Å². The molecule has 31 heavy (non-hydrogen) atoms. The molecule has 1 aliphatic heterocycles. The van der Waals surface area contributed by atoms with Gasteiger partial charge < -0.3 is 10.0 Å². The zero-order chi connectivity index (χ0) is 23.6. The molecule has 0 saturated carbocycles. The predicted molar refractivity (Wildman–Crippen MR) is 124 cm³/mol. The highest BCUT2D eigenvalue weighted by molar-refractivity contribution is 7.85. The second-order valence-corrected chi connectivity index (χ2v) is 11.7. The van der Waals surface area contributed by atoms with Crippen LogP contribution in [0.2, 0.25) is 0 Å². The fourth-order valence-corrected chi connectivity index (χ4v) is 5.40. The van der Waals surface area contributed by atoms with Gasteiger partial charge in [0.1, 0.15) is 11.5 Å². The number of ketones is 1. The van der Waals surface area contributed by atoms with Crippen LogP contribution >= 0.6 is 0 Å². The molecular weight excluding hydrogens is 414 g/mol. The van der Waals surface area contributed by atoms with E-state index in [1.165, 1.54) is 11.1 Å². The smallest absolute Gasteiger partial charge is 0.261 e. The molecule has 7 heteroatoms. The number of hydrogen-bond donors (Lipinski definition) is 2. The maximum atomic E-state index is 12.5. The lowest BCUT2D eigenvalue weighted by molar-refractivity contribution is -0.121. The van der Waals surface area contributed by atoms with E-state index in [1.807, 2.05) is 12.1 Å². The van der Waals surface area contributed by atoms with Crippen molar-refractivity contribution in [1.29, 1.82) is 0 Å². The van der Waals surface area contributed by atoms with Crippen LogP contribution in [0.25, 0.3) is 0 Å². The van der Waals surface area contributed by atoms with Crippen molar-refractivity contribution >= 4 is 15.9 Å². The molecule has 0 amide bonds. The van der Waals surface area contributed by atoms with Crippen molar-refractivity contribution in [3.8, 4) is 5.75 Å². The van der Waals surface area contributed by atoms with E-state index in [0.717, 1.165) is 32.2 Å². The topological polar surface area (TPSA) is 94.9 Å². The van der Waals surface area contributed by atoms with Crippen LogP contribution in [-0.2, 0) is 26.7 Å². The van der Waals surface area contributed by atoms with Gasteiger partial charge in [0, 0.05) is 24.3 Å². The maximum Gasteiger partial charge on any atom is 0.261 e. The van der Waals surface area contributed by atoms with Gasteiger partial charge in [0.2, 0.25) is 0 Å². The molecule has 2 N–H and O–H groups in total. The molecule has 2 bridgehead atoms. The van der Waals surface area contributed by atoms with E-state index in [0.29, 0.717) is 42.6 Å². The number of phenolic OH excluding ortho intramolecular Hbond substituents is 1. The van der Waals surface area contributed by atoms with Crippen molar-refractivity contribution in [2.45, 2.75) is 77.7 Å². The van der Waals surface area contributed by atoms with E-state index in [1.54, 1.807) is 0 Å². The highest BCUT2D eigenvalue weighted by Gasteiger charge is 2.57. The Labute approximate surface area is 187 Å². The summed E-state index contributed by atoms with van der Waals surface area (Å²) in [5, 5.41) is 10.1. The summed E-state index contributed by atoms with van der Waals surface area (Å²) in [6, 6.07) is 6.35. The molecule has 3 rings (SSSR count). The molecule has 1 aliphatic carbocycles. The molecule has 1 heterocycles. The molecule has 3 atom stereocenters. The van der Waals surface area contributed by atoms with E-state index in [-0.39, 0.29) is 10.8 Å². The Kier molecular flexibility index (Phi) is 7.99. The summed E-state index contributed by atoms with van der Waals surface area (Å²) in [7, 11) is -1.44. The van der Waals surface area contributed by atoms with Gasteiger partial charge in [0.15, 0.2) is 0 Å². The van der Waals surface area contributed by atoms with Gasteiger partial charge in [0.25, 0.3) is 10.1 Å². The highest BCUT2D eigenvalue weighted by atomic mass is 32.2. The first-order valence-corrected chi connectivity index (χ1v) is 13.0. The van der Waals surface area contributed by atoms with Gasteiger partial charge in [-0.3, -0.25) is 9.35 Å². The van der Waals surface area contributed by atoms with Crippen LogP contribution in [0, 0.1) is 11.3 Å². The van der Waals surface area contributed by atoms with Crippen molar-refractivity contribution in [3.05, 3.63) is 29.3 Å². The number of benzene rings is 1. The Morgan fingerprint density at radius 3 is 2.45 bits per heavy atom. The number of nitrogens with zero attached hydrogens (tertiary/aromatic N) is 1. The minimum atomic E-state index is -3.67. The van der Waals surface area contributed by atoms with Crippen LogP contribution < -0.4 is 0 Å².